The fraction of sp³-hybridized carbons (Fsp3) is 0.357. The van der Waals surface area contributed by atoms with Crippen molar-refractivity contribution >= 4 is 5.97 Å². The molecule has 0 spiro atoms. The second-order valence-electron chi connectivity index (χ2n) is 4.49. The molecule has 1 aliphatic carbocycles. The highest BCUT2D eigenvalue weighted by molar-refractivity contribution is 5.87. The maximum Gasteiger partial charge on any atom is 0.333 e. The van der Waals surface area contributed by atoms with Gasteiger partial charge in [-0.1, -0.05) is 37.8 Å². The average Bonchev–Trinajstić information content (AvgIpc) is 2.55. The van der Waals surface area contributed by atoms with Crippen molar-refractivity contribution in [1.82, 2.24) is 0 Å². The molecular weight excluding hydrogens is 200 g/mol. The van der Waals surface area contributed by atoms with Gasteiger partial charge in [-0.2, -0.15) is 0 Å². The van der Waals surface area contributed by atoms with Crippen molar-refractivity contribution in [2.75, 3.05) is 0 Å². The van der Waals surface area contributed by atoms with Crippen molar-refractivity contribution in [3.05, 3.63) is 47.5 Å². The molecule has 0 aromatic heterocycles. The van der Waals surface area contributed by atoms with E-state index >= 15 is 0 Å². The molecule has 1 aliphatic rings. The van der Waals surface area contributed by atoms with Gasteiger partial charge in [0.25, 0.3) is 0 Å². The fourth-order valence-corrected chi connectivity index (χ4v) is 2.15. The first-order valence-electron chi connectivity index (χ1n) is 5.54. The zero-order valence-electron chi connectivity index (χ0n) is 9.69. The third-order valence-electron chi connectivity index (χ3n) is 3.00. The lowest BCUT2D eigenvalue weighted by atomic mass is 10.1. The van der Waals surface area contributed by atoms with E-state index in [0.717, 1.165) is 12.0 Å². The Hall–Kier alpha value is -1.57. The first-order chi connectivity index (χ1) is 7.59. The Labute approximate surface area is 95.9 Å². The molecule has 2 heteroatoms. The molecule has 0 fully saturated rings. The topological polar surface area (TPSA) is 26.3 Å². The van der Waals surface area contributed by atoms with Crippen molar-refractivity contribution < 1.29 is 9.53 Å². The van der Waals surface area contributed by atoms with Crippen molar-refractivity contribution in [2.24, 2.45) is 5.92 Å². The van der Waals surface area contributed by atoms with Crippen LogP contribution in [-0.2, 0) is 16.0 Å². The van der Waals surface area contributed by atoms with Crippen LogP contribution in [0.25, 0.3) is 0 Å². The normalized spacial score (nSPS) is 22.6. The van der Waals surface area contributed by atoms with E-state index in [2.05, 4.69) is 19.6 Å². The Bertz CT molecular complexity index is 434. The molecule has 0 saturated heterocycles. The molecule has 0 N–H and O–H groups in total. The lowest BCUT2D eigenvalue weighted by Crippen LogP contribution is -2.14. The molecule has 2 unspecified atom stereocenters. The lowest BCUT2D eigenvalue weighted by Gasteiger charge is -2.17. The van der Waals surface area contributed by atoms with Crippen LogP contribution < -0.4 is 0 Å². The molecule has 16 heavy (non-hydrogen) atoms. The lowest BCUT2D eigenvalue weighted by molar-refractivity contribution is -0.146. The Morgan fingerprint density at radius 3 is 2.81 bits per heavy atom. The number of hydrogen-bond acceptors (Lipinski definition) is 2. The maximum absolute atomic E-state index is 11.5. The number of esters is 1. The van der Waals surface area contributed by atoms with Crippen molar-refractivity contribution in [2.45, 2.75) is 26.4 Å². The van der Waals surface area contributed by atoms with Crippen LogP contribution in [0.15, 0.2) is 36.4 Å². The van der Waals surface area contributed by atoms with Gasteiger partial charge < -0.3 is 4.74 Å². The summed E-state index contributed by atoms with van der Waals surface area (Å²) >= 11 is 0. The molecule has 0 aliphatic heterocycles. The first kappa shape index (κ1) is 10.9. The van der Waals surface area contributed by atoms with Crippen LogP contribution in [0.4, 0.5) is 0 Å². The predicted molar refractivity (Wildman–Crippen MR) is 63.0 cm³/mol. The van der Waals surface area contributed by atoms with Crippen LogP contribution in [-0.4, -0.2) is 5.97 Å². The van der Waals surface area contributed by atoms with Crippen molar-refractivity contribution in [3.63, 3.8) is 0 Å². The average molecular weight is 216 g/mol. The molecule has 84 valence electrons. The van der Waals surface area contributed by atoms with Crippen LogP contribution >= 0.6 is 0 Å². The number of benzene rings is 1. The van der Waals surface area contributed by atoms with Gasteiger partial charge >= 0.3 is 5.97 Å². The summed E-state index contributed by atoms with van der Waals surface area (Å²) in [4.78, 5) is 11.5. The molecule has 2 rings (SSSR count). The van der Waals surface area contributed by atoms with Gasteiger partial charge in [0, 0.05) is 11.5 Å². The van der Waals surface area contributed by atoms with Gasteiger partial charge in [-0.15, -0.1) is 0 Å². The Balaban J connectivity index is 2.22. The minimum Gasteiger partial charge on any atom is -0.454 e. The molecule has 1 aromatic rings. The molecule has 2 nitrogen and oxygen atoms in total. The Kier molecular flexibility index (Phi) is 2.82. The van der Waals surface area contributed by atoms with Gasteiger partial charge in [0.2, 0.25) is 0 Å². The van der Waals surface area contributed by atoms with Crippen molar-refractivity contribution in [1.29, 1.82) is 0 Å². The fourth-order valence-electron chi connectivity index (χ4n) is 2.15. The minimum absolute atomic E-state index is 0.111. The third kappa shape index (κ3) is 1.87. The highest BCUT2D eigenvalue weighted by atomic mass is 16.5. The van der Waals surface area contributed by atoms with Crippen LogP contribution in [0.5, 0.6) is 0 Å². The van der Waals surface area contributed by atoms with Gasteiger partial charge in [-0.05, 0) is 24.5 Å². The monoisotopic (exact) mass is 216 g/mol. The quantitative estimate of drug-likeness (QED) is 0.561. The van der Waals surface area contributed by atoms with Gasteiger partial charge in [-0.25, -0.2) is 4.79 Å². The van der Waals surface area contributed by atoms with E-state index in [1.54, 1.807) is 6.92 Å². The largest absolute Gasteiger partial charge is 0.454 e. The number of rotatable bonds is 2. The van der Waals surface area contributed by atoms with E-state index in [9.17, 15) is 4.79 Å². The molecular formula is C14H16O2. The smallest absolute Gasteiger partial charge is 0.333 e. The summed E-state index contributed by atoms with van der Waals surface area (Å²) in [7, 11) is 0. The summed E-state index contributed by atoms with van der Waals surface area (Å²) in [6.07, 6.45) is 0.866. The van der Waals surface area contributed by atoms with E-state index in [1.165, 1.54) is 5.56 Å². The van der Waals surface area contributed by atoms with Crippen LogP contribution in [0.2, 0.25) is 0 Å². The highest BCUT2D eigenvalue weighted by Gasteiger charge is 2.31. The zero-order valence-corrected chi connectivity index (χ0v) is 9.69. The molecule has 1 aromatic carbocycles. The Morgan fingerprint density at radius 2 is 2.12 bits per heavy atom. The number of hydrogen-bond donors (Lipinski definition) is 0. The standard InChI is InChI=1S/C14H16O2/c1-9(2)14(15)16-13-10(3)8-11-6-4-5-7-12(11)13/h4-7,10,13H,1,8H2,2-3H3. The molecule has 0 bridgehead atoms. The predicted octanol–water partition coefficient (Wildman–Crippen LogP) is 3.04. The third-order valence-corrected chi connectivity index (χ3v) is 3.00. The number of ether oxygens (including phenoxy) is 1. The summed E-state index contributed by atoms with van der Waals surface area (Å²) in [5.41, 5.74) is 2.88. The summed E-state index contributed by atoms with van der Waals surface area (Å²) < 4.78 is 5.47. The molecule has 0 radical (unpaired) electrons. The van der Waals surface area contributed by atoms with Gasteiger partial charge in [0.15, 0.2) is 0 Å². The van der Waals surface area contributed by atoms with Crippen LogP contribution in [0.3, 0.4) is 0 Å². The molecule has 2 atom stereocenters. The first-order valence-corrected chi connectivity index (χ1v) is 5.54. The Morgan fingerprint density at radius 1 is 1.44 bits per heavy atom. The van der Waals surface area contributed by atoms with Crippen LogP contribution in [0.1, 0.15) is 31.1 Å². The highest BCUT2D eigenvalue weighted by Crippen LogP contribution is 2.38. The van der Waals surface area contributed by atoms with E-state index < -0.39 is 0 Å². The molecule has 0 saturated carbocycles. The number of carbonyl (C=O) groups is 1. The van der Waals surface area contributed by atoms with E-state index in [0.29, 0.717) is 11.5 Å². The summed E-state index contributed by atoms with van der Waals surface area (Å²) in [5.74, 6) is 0.0502. The number of fused-ring (bicyclic) bond motifs is 1. The minimum atomic E-state index is -0.298. The van der Waals surface area contributed by atoms with E-state index in [-0.39, 0.29) is 12.1 Å². The summed E-state index contributed by atoms with van der Waals surface area (Å²) in [5, 5.41) is 0. The number of carbonyl (C=O) groups excluding carboxylic acids is 1. The summed E-state index contributed by atoms with van der Waals surface area (Å²) in [6.45, 7) is 7.39. The van der Waals surface area contributed by atoms with Gasteiger partial charge in [0.1, 0.15) is 6.10 Å². The van der Waals surface area contributed by atoms with Gasteiger partial charge in [0.05, 0.1) is 0 Å². The summed E-state index contributed by atoms with van der Waals surface area (Å²) in [6, 6.07) is 8.14. The van der Waals surface area contributed by atoms with Crippen molar-refractivity contribution in [3.8, 4) is 0 Å². The van der Waals surface area contributed by atoms with E-state index in [4.69, 9.17) is 4.74 Å². The van der Waals surface area contributed by atoms with Gasteiger partial charge in [-0.3, -0.25) is 0 Å². The SMILES string of the molecule is C=C(C)C(=O)OC1c2ccccc2CC1C. The zero-order chi connectivity index (χ0) is 11.7. The molecule has 0 heterocycles. The molecule has 0 amide bonds. The second-order valence-corrected chi connectivity index (χ2v) is 4.49. The second kappa shape index (κ2) is 4.12. The van der Waals surface area contributed by atoms with Crippen LogP contribution in [0, 0.1) is 5.92 Å². The van der Waals surface area contributed by atoms with E-state index in [1.807, 2.05) is 18.2 Å². The maximum atomic E-state index is 11.5.